The molecule has 0 amide bonds. The molecule has 2 rings (SSSR count). The van der Waals surface area contributed by atoms with E-state index >= 15 is 0 Å². The molecule has 0 spiro atoms. The third-order valence-electron chi connectivity index (χ3n) is 6.04. The Morgan fingerprint density at radius 2 is 1.34 bits per heavy atom. The lowest BCUT2D eigenvalue weighted by Crippen LogP contribution is -2.25. The van der Waals surface area contributed by atoms with Crippen LogP contribution in [0.4, 0.5) is 5.95 Å². The molecule has 0 aromatic carbocycles. The van der Waals surface area contributed by atoms with Crippen molar-refractivity contribution in [3.63, 3.8) is 0 Å². The molecule has 5 nitrogen and oxygen atoms in total. The van der Waals surface area contributed by atoms with Gasteiger partial charge >= 0.3 is 0 Å². The van der Waals surface area contributed by atoms with E-state index in [1.807, 2.05) is 0 Å². The number of nitrogens with two attached hydrogens (primary N) is 1. The monoisotopic (exact) mass is 405 g/mol. The molecule has 0 bridgehead atoms. The molecule has 5 heteroatoms. The summed E-state index contributed by atoms with van der Waals surface area (Å²) in [5, 5.41) is 10.4. The average molecular weight is 406 g/mol. The van der Waals surface area contributed by atoms with Gasteiger partial charge in [0.1, 0.15) is 6.10 Å². The van der Waals surface area contributed by atoms with Gasteiger partial charge in [0, 0.05) is 0 Å². The lowest BCUT2D eigenvalue weighted by molar-refractivity contribution is 0.110. The molecule has 1 aliphatic rings. The summed E-state index contributed by atoms with van der Waals surface area (Å²) in [5.74, 6) is 0.542. The summed E-state index contributed by atoms with van der Waals surface area (Å²) in [6.45, 7) is 2.28. The van der Waals surface area contributed by atoms with Crippen LogP contribution in [0.15, 0.2) is 0 Å². The van der Waals surface area contributed by atoms with Gasteiger partial charge in [-0.15, -0.1) is 0 Å². The summed E-state index contributed by atoms with van der Waals surface area (Å²) in [4.78, 5) is 8.29. The molecule has 1 heterocycles. The molecule has 166 valence electrons. The first-order valence-electron chi connectivity index (χ1n) is 12.2. The fourth-order valence-corrected chi connectivity index (χ4v) is 3.89. The van der Waals surface area contributed by atoms with E-state index in [-0.39, 0.29) is 23.7 Å². The van der Waals surface area contributed by atoms with Crippen LogP contribution in [-0.4, -0.2) is 21.2 Å². The van der Waals surface area contributed by atoms with Crippen molar-refractivity contribution in [2.45, 2.75) is 129 Å². The van der Waals surface area contributed by atoms with Crippen molar-refractivity contribution >= 4 is 5.95 Å². The highest BCUT2D eigenvalue weighted by molar-refractivity contribution is 5.41. The first-order chi connectivity index (χ1) is 14.2. The molecular weight excluding hydrogens is 362 g/mol. The number of aromatic hydroxyl groups is 1. The quantitative estimate of drug-likeness (QED) is 0.281. The third kappa shape index (κ3) is 9.68. The zero-order chi connectivity index (χ0) is 20.7. The van der Waals surface area contributed by atoms with Gasteiger partial charge in [-0.1, -0.05) is 90.4 Å². The van der Waals surface area contributed by atoms with Crippen molar-refractivity contribution in [2.24, 2.45) is 0 Å². The van der Waals surface area contributed by atoms with Gasteiger partial charge in [0.25, 0.3) is 5.88 Å². The van der Waals surface area contributed by atoms with E-state index < -0.39 is 0 Å². The third-order valence-corrected chi connectivity index (χ3v) is 6.04. The molecule has 0 unspecified atom stereocenters. The van der Waals surface area contributed by atoms with E-state index in [1.54, 1.807) is 0 Å². The number of aryl methyl sites for hydroxylation is 1. The predicted octanol–water partition coefficient (Wildman–Crippen LogP) is 6.72. The largest absolute Gasteiger partial charge is 0.502 e. The second kappa shape index (κ2) is 14.5. The standard InChI is InChI=1S/C24H43N3O2/c1-2-3-4-5-6-7-8-9-10-11-12-13-14-15-19-21-22(28)23(27-24(25)26-21)29-20-17-16-18-20/h20,28H,2-19H2,1H3,(H2,25,26,27). The summed E-state index contributed by atoms with van der Waals surface area (Å²) in [5.41, 5.74) is 6.43. The maximum Gasteiger partial charge on any atom is 0.262 e. The van der Waals surface area contributed by atoms with Crippen LogP contribution in [0.3, 0.4) is 0 Å². The van der Waals surface area contributed by atoms with Gasteiger partial charge in [-0.05, 0) is 32.1 Å². The molecule has 0 aliphatic heterocycles. The highest BCUT2D eigenvalue weighted by atomic mass is 16.5. The van der Waals surface area contributed by atoms with Gasteiger partial charge in [0.15, 0.2) is 0 Å². The number of rotatable bonds is 17. The summed E-state index contributed by atoms with van der Waals surface area (Å²) < 4.78 is 5.75. The van der Waals surface area contributed by atoms with Crippen molar-refractivity contribution in [1.29, 1.82) is 0 Å². The van der Waals surface area contributed by atoms with E-state index in [9.17, 15) is 5.11 Å². The molecule has 29 heavy (non-hydrogen) atoms. The Balaban J connectivity index is 1.48. The number of aromatic nitrogens is 2. The van der Waals surface area contributed by atoms with Crippen molar-refractivity contribution in [3.05, 3.63) is 5.69 Å². The summed E-state index contributed by atoms with van der Waals surface area (Å²) in [6, 6.07) is 0. The Hall–Kier alpha value is -1.52. The van der Waals surface area contributed by atoms with Crippen molar-refractivity contribution in [2.75, 3.05) is 5.73 Å². The maximum atomic E-state index is 10.4. The highest BCUT2D eigenvalue weighted by Crippen LogP contribution is 2.33. The van der Waals surface area contributed by atoms with Crippen LogP contribution >= 0.6 is 0 Å². The first-order valence-corrected chi connectivity index (χ1v) is 12.2. The predicted molar refractivity (Wildman–Crippen MR) is 120 cm³/mol. The minimum absolute atomic E-state index is 0.0841. The van der Waals surface area contributed by atoms with Crippen LogP contribution in [0.25, 0.3) is 0 Å². The number of hydrogen-bond donors (Lipinski definition) is 2. The van der Waals surface area contributed by atoms with Crippen LogP contribution < -0.4 is 10.5 Å². The summed E-state index contributed by atoms with van der Waals surface area (Å²) >= 11 is 0. The van der Waals surface area contributed by atoms with E-state index in [0.717, 1.165) is 25.7 Å². The van der Waals surface area contributed by atoms with Gasteiger partial charge in [0.2, 0.25) is 11.7 Å². The molecule has 1 fully saturated rings. The highest BCUT2D eigenvalue weighted by Gasteiger charge is 2.23. The summed E-state index contributed by atoms with van der Waals surface area (Å²) in [7, 11) is 0. The smallest absolute Gasteiger partial charge is 0.262 e. The van der Waals surface area contributed by atoms with Crippen molar-refractivity contribution in [1.82, 2.24) is 9.97 Å². The molecular formula is C24H43N3O2. The van der Waals surface area contributed by atoms with Crippen LogP contribution in [0, 0.1) is 0 Å². The van der Waals surface area contributed by atoms with Gasteiger partial charge in [0.05, 0.1) is 5.69 Å². The molecule has 3 N–H and O–H groups in total. The van der Waals surface area contributed by atoms with Gasteiger partial charge in [-0.3, -0.25) is 0 Å². The number of nitrogens with zero attached hydrogens (tertiary/aromatic N) is 2. The fraction of sp³-hybridized carbons (Fsp3) is 0.833. The fourth-order valence-electron chi connectivity index (χ4n) is 3.89. The zero-order valence-electron chi connectivity index (χ0n) is 18.6. The molecule has 1 aromatic heterocycles. The van der Waals surface area contributed by atoms with Gasteiger partial charge in [-0.2, -0.15) is 4.98 Å². The van der Waals surface area contributed by atoms with Gasteiger partial charge < -0.3 is 15.6 Å². The molecule has 1 saturated carbocycles. The number of unbranched alkanes of at least 4 members (excludes halogenated alkanes) is 13. The summed E-state index contributed by atoms with van der Waals surface area (Å²) in [6.07, 6.45) is 22.8. The lowest BCUT2D eigenvalue weighted by Gasteiger charge is -2.26. The number of hydrogen-bond acceptors (Lipinski definition) is 5. The minimum atomic E-state index is 0.0841. The lowest BCUT2D eigenvalue weighted by atomic mass is 9.96. The Morgan fingerprint density at radius 3 is 1.83 bits per heavy atom. The van der Waals surface area contributed by atoms with Crippen molar-refractivity contribution in [3.8, 4) is 11.6 Å². The van der Waals surface area contributed by atoms with Crippen LogP contribution in [0.5, 0.6) is 11.6 Å². The second-order valence-corrected chi connectivity index (χ2v) is 8.70. The van der Waals surface area contributed by atoms with Gasteiger partial charge in [-0.25, -0.2) is 4.98 Å². The van der Waals surface area contributed by atoms with Crippen LogP contribution in [0.1, 0.15) is 122 Å². The van der Waals surface area contributed by atoms with E-state index in [4.69, 9.17) is 10.5 Å². The van der Waals surface area contributed by atoms with Crippen LogP contribution in [0.2, 0.25) is 0 Å². The Kier molecular flexibility index (Phi) is 11.8. The van der Waals surface area contributed by atoms with E-state index in [1.165, 1.54) is 89.9 Å². The van der Waals surface area contributed by atoms with E-state index in [0.29, 0.717) is 5.69 Å². The Morgan fingerprint density at radius 1 is 0.828 bits per heavy atom. The Bertz CT molecular complexity index is 561. The first kappa shape index (κ1) is 23.8. The molecule has 0 atom stereocenters. The topological polar surface area (TPSA) is 81.3 Å². The van der Waals surface area contributed by atoms with Crippen molar-refractivity contribution < 1.29 is 9.84 Å². The van der Waals surface area contributed by atoms with E-state index in [2.05, 4.69) is 16.9 Å². The second-order valence-electron chi connectivity index (χ2n) is 8.70. The zero-order valence-corrected chi connectivity index (χ0v) is 18.6. The normalized spacial score (nSPS) is 14.1. The average Bonchev–Trinajstić information content (AvgIpc) is 2.67. The molecule has 0 saturated heterocycles. The maximum absolute atomic E-state index is 10.4. The molecule has 1 aliphatic carbocycles. The number of nitrogen functional groups attached to an aromatic ring is 1. The number of ether oxygens (including phenoxy) is 1. The minimum Gasteiger partial charge on any atom is -0.502 e. The molecule has 0 radical (unpaired) electrons. The number of anilines is 1. The van der Waals surface area contributed by atoms with Crippen LogP contribution in [-0.2, 0) is 6.42 Å². The Labute approximate surface area is 177 Å². The molecule has 1 aromatic rings. The SMILES string of the molecule is CCCCCCCCCCCCCCCCc1nc(N)nc(OC2CCC2)c1O.